The number of ether oxygens (including phenoxy) is 1. The molecule has 29 heavy (non-hydrogen) atoms. The van der Waals surface area contributed by atoms with Crippen molar-refractivity contribution in [3.05, 3.63) is 81.9 Å². The minimum Gasteiger partial charge on any atom is -0.481 e. The van der Waals surface area contributed by atoms with E-state index in [2.05, 4.69) is 10.9 Å². The highest BCUT2D eigenvalue weighted by Gasteiger charge is 2.17. The molecule has 0 saturated carbocycles. The molecule has 0 spiro atoms. The van der Waals surface area contributed by atoms with Crippen LogP contribution < -0.4 is 15.6 Å². The molecule has 0 bridgehead atoms. The van der Waals surface area contributed by atoms with Gasteiger partial charge in [-0.05, 0) is 48.9 Å². The molecular weight excluding hydrogens is 374 g/mol. The van der Waals surface area contributed by atoms with Gasteiger partial charge >= 0.3 is 0 Å². The zero-order valence-electron chi connectivity index (χ0n) is 15.8. The molecule has 3 aromatic carbocycles. The average molecular weight is 393 g/mol. The number of rotatable bonds is 5. The summed E-state index contributed by atoms with van der Waals surface area (Å²) in [5.74, 6) is -0.594. The molecule has 0 radical (unpaired) electrons. The van der Waals surface area contributed by atoms with E-state index < -0.39 is 22.8 Å². The number of carbonyl (C=O) groups is 2. The summed E-state index contributed by atoms with van der Waals surface area (Å²) in [6.07, 6.45) is -0.852. The molecule has 0 unspecified atom stereocenters. The topological polar surface area (TPSA) is 111 Å². The predicted octanol–water partition coefficient (Wildman–Crippen LogP) is 3.28. The third-order valence-electron chi connectivity index (χ3n) is 4.36. The highest BCUT2D eigenvalue weighted by molar-refractivity contribution is 5.96. The van der Waals surface area contributed by atoms with Crippen molar-refractivity contribution in [2.45, 2.75) is 20.0 Å². The lowest BCUT2D eigenvalue weighted by molar-refractivity contribution is -0.385. The number of hydrogen-bond acceptors (Lipinski definition) is 5. The molecule has 8 nitrogen and oxygen atoms in total. The minimum absolute atomic E-state index is 0.0806. The van der Waals surface area contributed by atoms with Crippen molar-refractivity contribution in [2.75, 3.05) is 0 Å². The Kier molecular flexibility index (Phi) is 5.73. The zero-order chi connectivity index (χ0) is 21.0. The van der Waals surface area contributed by atoms with Gasteiger partial charge in [-0.1, -0.05) is 30.3 Å². The van der Waals surface area contributed by atoms with E-state index in [1.807, 2.05) is 36.4 Å². The van der Waals surface area contributed by atoms with Crippen LogP contribution in [0.15, 0.2) is 60.7 Å². The van der Waals surface area contributed by atoms with E-state index in [9.17, 15) is 19.7 Å². The van der Waals surface area contributed by atoms with Gasteiger partial charge in [0.1, 0.15) is 5.75 Å². The third-order valence-corrected chi connectivity index (χ3v) is 4.36. The zero-order valence-corrected chi connectivity index (χ0v) is 15.8. The van der Waals surface area contributed by atoms with Crippen LogP contribution in [0, 0.1) is 17.0 Å². The molecule has 2 amide bonds. The van der Waals surface area contributed by atoms with Crippen molar-refractivity contribution < 1.29 is 19.2 Å². The van der Waals surface area contributed by atoms with Gasteiger partial charge in [-0.3, -0.25) is 30.6 Å². The summed E-state index contributed by atoms with van der Waals surface area (Å²) in [5.41, 5.74) is 5.04. The summed E-state index contributed by atoms with van der Waals surface area (Å²) < 4.78 is 5.65. The lowest BCUT2D eigenvalue weighted by Crippen LogP contribution is -2.47. The second-order valence-corrected chi connectivity index (χ2v) is 6.47. The van der Waals surface area contributed by atoms with E-state index in [0.29, 0.717) is 11.3 Å². The first-order chi connectivity index (χ1) is 13.8. The van der Waals surface area contributed by atoms with Gasteiger partial charge in [-0.2, -0.15) is 0 Å². The second-order valence-electron chi connectivity index (χ2n) is 6.47. The Labute approximate surface area is 166 Å². The third kappa shape index (κ3) is 4.67. The molecule has 3 aromatic rings. The highest BCUT2D eigenvalue weighted by atomic mass is 16.6. The molecule has 148 valence electrons. The Morgan fingerprint density at radius 3 is 2.41 bits per heavy atom. The summed E-state index contributed by atoms with van der Waals surface area (Å²) in [4.78, 5) is 34.7. The molecule has 0 aromatic heterocycles. The first-order valence-corrected chi connectivity index (χ1v) is 8.86. The first kappa shape index (κ1) is 19.8. The summed E-state index contributed by atoms with van der Waals surface area (Å²) in [5, 5.41) is 12.9. The molecule has 0 aliphatic rings. The quantitative estimate of drug-likeness (QED) is 0.510. The number of carbonyl (C=O) groups excluding carboxylic acids is 2. The Balaban J connectivity index is 1.58. The van der Waals surface area contributed by atoms with E-state index in [-0.39, 0.29) is 11.3 Å². The van der Waals surface area contributed by atoms with Gasteiger partial charge < -0.3 is 4.74 Å². The molecule has 0 aliphatic heterocycles. The Morgan fingerprint density at radius 2 is 1.72 bits per heavy atom. The first-order valence-electron chi connectivity index (χ1n) is 8.86. The molecule has 1 atom stereocenters. The maximum absolute atomic E-state index is 12.2. The highest BCUT2D eigenvalue weighted by Crippen LogP contribution is 2.21. The van der Waals surface area contributed by atoms with E-state index in [0.717, 1.165) is 10.8 Å². The van der Waals surface area contributed by atoms with Gasteiger partial charge in [0.15, 0.2) is 6.10 Å². The molecule has 2 N–H and O–H groups in total. The smallest absolute Gasteiger partial charge is 0.279 e. The molecule has 0 aliphatic carbocycles. The molecule has 0 heterocycles. The Hall–Kier alpha value is -3.94. The van der Waals surface area contributed by atoms with E-state index >= 15 is 0 Å². The number of fused-ring (bicyclic) bond motifs is 1. The number of amides is 2. The number of aryl methyl sites for hydroxylation is 1. The van der Waals surface area contributed by atoms with Crippen LogP contribution in [0.1, 0.15) is 22.8 Å². The summed E-state index contributed by atoms with van der Waals surface area (Å²) >= 11 is 0. The van der Waals surface area contributed by atoms with Gasteiger partial charge in [-0.25, -0.2) is 0 Å². The van der Waals surface area contributed by atoms with Crippen LogP contribution in [0.5, 0.6) is 5.75 Å². The number of hydrazine groups is 1. The monoisotopic (exact) mass is 393 g/mol. The fourth-order valence-electron chi connectivity index (χ4n) is 2.79. The van der Waals surface area contributed by atoms with E-state index in [1.165, 1.54) is 25.1 Å². The van der Waals surface area contributed by atoms with Crippen LogP contribution in [-0.2, 0) is 4.79 Å². The van der Waals surface area contributed by atoms with Gasteiger partial charge in [0, 0.05) is 17.2 Å². The van der Waals surface area contributed by atoms with E-state index in [4.69, 9.17) is 4.74 Å². The number of nitro benzene ring substituents is 1. The van der Waals surface area contributed by atoms with Crippen LogP contribution in [0.4, 0.5) is 5.69 Å². The molecule has 0 saturated heterocycles. The normalized spacial score (nSPS) is 11.5. The molecule has 3 rings (SSSR count). The number of nitrogens with one attached hydrogen (secondary N) is 2. The van der Waals surface area contributed by atoms with E-state index in [1.54, 1.807) is 13.0 Å². The lowest BCUT2D eigenvalue weighted by Gasteiger charge is -2.15. The molecule has 8 heteroatoms. The van der Waals surface area contributed by atoms with Crippen molar-refractivity contribution >= 4 is 28.3 Å². The van der Waals surface area contributed by atoms with Gasteiger partial charge in [0.25, 0.3) is 17.5 Å². The van der Waals surface area contributed by atoms with Crippen molar-refractivity contribution in [3.8, 4) is 5.75 Å². The SMILES string of the molecule is Cc1cc(C(=O)NNC(=O)[C@@H](C)Oc2ccc3ccccc3c2)ccc1[N+](=O)[O-]. The number of benzene rings is 3. The van der Waals surface area contributed by atoms with Crippen LogP contribution in [0.25, 0.3) is 10.8 Å². The second kappa shape index (κ2) is 8.39. The minimum atomic E-state index is -0.852. The van der Waals surface area contributed by atoms with Crippen LogP contribution in [-0.4, -0.2) is 22.8 Å². The van der Waals surface area contributed by atoms with Gasteiger partial charge in [-0.15, -0.1) is 0 Å². The lowest BCUT2D eigenvalue weighted by atomic mass is 10.1. The number of hydrogen-bond donors (Lipinski definition) is 2. The predicted molar refractivity (Wildman–Crippen MR) is 107 cm³/mol. The molecular formula is C21H19N3O5. The average Bonchev–Trinajstić information content (AvgIpc) is 2.71. The van der Waals surface area contributed by atoms with Crippen LogP contribution in [0.3, 0.4) is 0 Å². The largest absolute Gasteiger partial charge is 0.481 e. The van der Waals surface area contributed by atoms with Crippen molar-refractivity contribution in [2.24, 2.45) is 0 Å². The number of nitro groups is 1. The Bertz CT molecular complexity index is 1100. The van der Waals surface area contributed by atoms with Crippen LogP contribution in [0.2, 0.25) is 0 Å². The van der Waals surface area contributed by atoms with Crippen molar-refractivity contribution in [1.82, 2.24) is 10.9 Å². The maximum atomic E-state index is 12.2. The van der Waals surface area contributed by atoms with Crippen molar-refractivity contribution in [1.29, 1.82) is 0 Å². The fraction of sp³-hybridized carbons (Fsp3) is 0.143. The summed E-state index contributed by atoms with van der Waals surface area (Å²) in [7, 11) is 0. The standard InChI is InChI=1S/C21H19N3O5/c1-13-11-17(8-10-19(13)24(27)28)21(26)23-22-20(25)14(2)29-18-9-7-15-5-3-4-6-16(15)12-18/h3-12,14H,1-2H3,(H,22,25)(H,23,26)/t14-/m1/s1. The summed E-state index contributed by atoms with van der Waals surface area (Å²) in [6.45, 7) is 3.10. The maximum Gasteiger partial charge on any atom is 0.279 e. The molecule has 0 fully saturated rings. The fourth-order valence-corrected chi connectivity index (χ4v) is 2.79. The van der Waals surface area contributed by atoms with Gasteiger partial charge in [0.05, 0.1) is 4.92 Å². The number of nitrogens with zero attached hydrogens (tertiary/aromatic N) is 1. The van der Waals surface area contributed by atoms with Gasteiger partial charge in [0.2, 0.25) is 0 Å². The van der Waals surface area contributed by atoms with Crippen molar-refractivity contribution in [3.63, 3.8) is 0 Å². The van der Waals surface area contributed by atoms with Crippen LogP contribution >= 0.6 is 0 Å². The summed E-state index contributed by atoms with van der Waals surface area (Å²) in [6, 6.07) is 17.2. The Morgan fingerprint density at radius 1 is 1.00 bits per heavy atom.